The van der Waals surface area contributed by atoms with Crippen LogP contribution < -0.4 is 0 Å². The third-order valence-corrected chi connectivity index (χ3v) is 3.96. The number of hydrogen-bond acceptors (Lipinski definition) is 2. The van der Waals surface area contributed by atoms with E-state index in [1.165, 1.54) is 45.2 Å². The molecule has 0 bridgehead atoms. The van der Waals surface area contributed by atoms with E-state index in [4.69, 9.17) is 0 Å². The number of Topliss-reactive ketones (excluding diaryl/α,β-unsaturated/α-hetero) is 1. The van der Waals surface area contributed by atoms with E-state index in [2.05, 4.69) is 4.90 Å². The van der Waals surface area contributed by atoms with Crippen LogP contribution in [0.2, 0.25) is 0 Å². The Morgan fingerprint density at radius 3 is 2.64 bits per heavy atom. The fourth-order valence-electron chi connectivity index (χ4n) is 3.07. The molecule has 14 heavy (non-hydrogen) atoms. The van der Waals surface area contributed by atoms with E-state index in [0.717, 1.165) is 13.0 Å². The van der Waals surface area contributed by atoms with Crippen LogP contribution in [0, 0.1) is 5.41 Å². The highest BCUT2D eigenvalue weighted by molar-refractivity contribution is 5.75. The lowest BCUT2D eigenvalue weighted by Gasteiger charge is -2.23. The summed E-state index contributed by atoms with van der Waals surface area (Å²) in [5, 5.41) is 0. The molecule has 2 fully saturated rings. The first-order valence-electron chi connectivity index (χ1n) is 5.92. The van der Waals surface area contributed by atoms with Gasteiger partial charge in [0.05, 0.1) is 0 Å². The number of rotatable bonds is 3. The Morgan fingerprint density at radius 2 is 2.00 bits per heavy atom. The first-order valence-corrected chi connectivity index (χ1v) is 5.92. The Hall–Kier alpha value is -0.370. The second-order valence-corrected chi connectivity index (χ2v) is 5.19. The third kappa shape index (κ3) is 2.17. The first kappa shape index (κ1) is 10.2. The molecule has 0 unspecified atom stereocenters. The molecule has 0 atom stereocenters. The van der Waals surface area contributed by atoms with Gasteiger partial charge in [-0.05, 0) is 38.1 Å². The maximum absolute atomic E-state index is 10.9. The Kier molecular flexibility index (Phi) is 2.91. The predicted octanol–water partition coefficient (Wildman–Crippen LogP) is 2.23. The van der Waals surface area contributed by atoms with Gasteiger partial charge in [0, 0.05) is 19.5 Å². The van der Waals surface area contributed by atoms with E-state index in [1.807, 2.05) is 0 Å². The summed E-state index contributed by atoms with van der Waals surface area (Å²) in [6.45, 7) is 5.19. The standard InChI is InChI=1S/C12H21NO/c1-11(14)4-8-13-9-7-12(10-13)5-2-3-6-12/h2-10H2,1H3. The quantitative estimate of drug-likeness (QED) is 0.688. The van der Waals surface area contributed by atoms with Crippen LogP contribution in [0.25, 0.3) is 0 Å². The summed E-state index contributed by atoms with van der Waals surface area (Å²) in [4.78, 5) is 13.4. The van der Waals surface area contributed by atoms with Crippen molar-refractivity contribution in [1.29, 1.82) is 0 Å². The minimum Gasteiger partial charge on any atom is -0.302 e. The molecule has 0 N–H and O–H groups in total. The molecule has 80 valence electrons. The summed E-state index contributed by atoms with van der Waals surface area (Å²) in [5.41, 5.74) is 0.663. The van der Waals surface area contributed by atoms with Crippen molar-refractivity contribution >= 4 is 5.78 Å². The molecule has 1 spiro atoms. The summed E-state index contributed by atoms with van der Waals surface area (Å²) >= 11 is 0. The Labute approximate surface area is 86.7 Å². The van der Waals surface area contributed by atoms with Gasteiger partial charge in [0.25, 0.3) is 0 Å². The second-order valence-electron chi connectivity index (χ2n) is 5.19. The molecule has 0 aromatic heterocycles. The largest absolute Gasteiger partial charge is 0.302 e. The molecular weight excluding hydrogens is 174 g/mol. The van der Waals surface area contributed by atoms with Crippen LogP contribution in [0.1, 0.15) is 45.4 Å². The van der Waals surface area contributed by atoms with Gasteiger partial charge in [0.15, 0.2) is 0 Å². The highest BCUT2D eigenvalue weighted by atomic mass is 16.1. The smallest absolute Gasteiger partial charge is 0.131 e. The molecule has 1 saturated carbocycles. The minimum atomic E-state index is 0.331. The molecule has 1 aliphatic heterocycles. The number of ketones is 1. The van der Waals surface area contributed by atoms with Gasteiger partial charge in [-0.25, -0.2) is 0 Å². The number of carbonyl (C=O) groups excluding carboxylic acids is 1. The first-order chi connectivity index (χ1) is 6.70. The van der Waals surface area contributed by atoms with Crippen molar-refractivity contribution in [3.8, 4) is 0 Å². The van der Waals surface area contributed by atoms with Gasteiger partial charge < -0.3 is 4.90 Å². The lowest BCUT2D eigenvalue weighted by atomic mass is 9.86. The topological polar surface area (TPSA) is 20.3 Å². The zero-order valence-corrected chi connectivity index (χ0v) is 9.22. The molecule has 1 heterocycles. The van der Waals surface area contributed by atoms with E-state index < -0.39 is 0 Å². The average Bonchev–Trinajstić information content (AvgIpc) is 2.74. The fourth-order valence-corrected chi connectivity index (χ4v) is 3.07. The van der Waals surface area contributed by atoms with Crippen molar-refractivity contribution in [2.75, 3.05) is 19.6 Å². The van der Waals surface area contributed by atoms with E-state index in [1.54, 1.807) is 6.92 Å². The number of nitrogens with zero attached hydrogens (tertiary/aromatic N) is 1. The van der Waals surface area contributed by atoms with Crippen LogP contribution in [0.3, 0.4) is 0 Å². The van der Waals surface area contributed by atoms with Crippen LogP contribution in [-0.4, -0.2) is 30.3 Å². The number of hydrogen-bond donors (Lipinski definition) is 0. The molecule has 0 radical (unpaired) electrons. The Bertz CT molecular complexity index is 218. The molecular formula is C12H21NO. The van der Waals surface area contributed by atoms with Crippen LogP contribution >= 0.6 is 0 Å². The van der Waals surface area contributed by atoms with Crippen LogP contribution in [0.15, 0.2) is 0 Å². The molecule has 2 heteroatoms. The van der Waals surface area contributed by atoms with Crippen molar-refractivity contribution < 1.29 is 4.79 Å². The monoisotopic (exact) mass is 195 g/mol. The zero-order valence-electron chi connectivity index (χ0n) is 9.22. The van der Waals surface area contributed by atoms with Crippen molar-refractivity contribution in [2.45, 2.75) is 45.4 Å². The Morgan fingerprint density at radius 1 is 1.29 bits per heavy atom. The second kappa shape index (κ2) is 4.01. The maximum Gasteiger partial charge on any atom is 0.131 e. The molecule has 2 rings (SSSR count). The van der Waals surface area contributed by atoms with Gasteiger partial charge >= 0.3 is 0 Å². The number of likely N-dealkylation sites (tertiary alicyclic amines) is 1. The van der Waals surface area contributed by atoms with E-state index in [-0.39, 0.29) is 0 Å². The molecule has 1 aliphatic carbocycles. The highest BCUT2D eigenvalue weighted by Crippen LogP contribution is 2.45. The van der Waals surface area contributed by atoms with Crippen molar-refractivity contribution in [3.05, 3.63) is 0 Å². The lowest BCUT2D eigenvalue weighted by Crippen LogP contribution is -2.26. The third-order valence-electron chi connectivity index (χ3n) is 3.96. The molecule has 2 nitrogen and oxygen atoms in total. The summed E-state index contributed by atoms with van der Waals surface area (Å²) in [7, 11) is 0. The van der Waals surface area contributed by atoms with Crippen LogP contribution in [0.5, 0.6) is 0 Å². The normalized spacial score (nSPS) is 26.1. The SMILES string of the molecule is CC(=O)CCN1CCC2(CCCC2)C1. The zero-order chi connectivity index (χ0) is 10.0. The van der Waals surface area contributed by atoms with Gasteiger partial charge in [-0.2, -0.15) is 0 Å². The van der Waals surface area contributed by atoms with Gasteiger partial charge in [0.1, 0.15) is 5.78 Å². The van der Waals surface area contributed by atoms with Crippen molar-refractivity contribution in [3.63, 3.8) is 0 Å². The molecule has 1 saturated heterocycles. The molecule has 0 amide bonds. The minimum absolute atomic E-state index is 0.331. The lowest BCUT2D eigenvalue weighted by molar-refractivity contribution is -0.117. The summed E-state index contributed by atoms with van der Waals surface area (Å²) in [5.74, 6) is 0.331. The summed E-state index contributed by atoms with van der Waals surface area (Å²) < 4.78 is 0. The Balaban J connectivity index is 1.79. The molecule has 2 aliphatic rings. The average molecular weight is 195 g/mol. The molecule has 0 aromatic rings. The van der Waals surface area contributed by atoms with Gasteiger partial charge in [-0.15, -0.1) is 0 Å². The maximum atomic E-state index is 10.9. The number of carbonyl (C=O) groups is 1. The van der Waals surface area contributed by atoms with Crippen LogP contribution in [-0.2, 0) is 4.79 Å². The fraction of sp³-hybridized carbons (Fsp3) is 0.917. The van der Waals surface area contributed by atoms with E-state index in [9.17, 15) is 4.79 Å². The van der Waals surface area contributed by atoms with E-state index in [0.29, 0.717) is 11.2 Å². The molecule has 0 aromatic carbocycles. The van der Waals surface area contributed by atoms with Crippen LogP contribution in [0.4, 0.5) is 0 Å². The van der Waals surface area contributed by atoms with Crippen molar-refractivity contribution in [1.82, 2.24) is 4.90 Å². The van der Waals surface area contributed by atoms with Gasteiger partial charge in [-0.1, -0.05) is 12.8 Å². The van der Waals surface area contributed by atoms with Gasteiger partial charge in [-0.3, -0.25) is 4.79 Å². The highest BCUT2D eigenvalue weighted by Gasteiger charge is 2.39. The van der Waals surface area contributed by atoms with E-state index >= 15 is 0 Å². The summed E-state index contributed by atoms with van der Waals surface area (Å²) in [6.07, 6.45) is 7.86. The predicted molar refractivity (Wildman–Crippen MR) is 57.3 cm³/mol. The van der Waals surface area contributed by atoms with Crippen molar-refractivity contribution in [2.24, 2.45) is 5.41 Å². The van der Waals surface area contributed by atoms with Gasteiger partial charge in [0.2, 0.25) is 0 Å². The summed E-state index contributed by atoms with van der Waals surface area (Å²) in [6, 6.07) is 0.